The molecule has 1 heterocycles. The van der Waals surface area contributed by atoms with Crippen LogP contribution in [-0.2, 0) is 7.05 Å². The summed E-state index contributed by atoms with van der Waals surface area (Å²) in [4.78, 5) is 11.1. The third-order valence-electron chi connectivity index (χ3n) is 2.54. The third kappa shape index (κ3) is 2.11. The van der Waals surface area contributed by atoms with E-state index in [0.717, 1.165) is 5.56 Å². The Morgan fingerprint density at radius 1 is 1.50 bits per heavy atom. The van der Waals surface area contributed by atoms with Gasteiger partial charge < -0.3 is 9.84 Å². The van der Waals surface area contributed by atoms with Crippen molar-refractivity contribution < 1.29 is 14.6 Å². The first-order chi connectivity index (χ1) is 8.54. The molecule has 0 amide bonds. The summed E-state index contributed by atoms with van der Waals surface area (Å²) < 4.78 is 6.93. The van der Waals surface area contributed by atoms with Crippen molar-refractivity contribution in [1.29, 1.82) is 0 Å². The van der Waals surface area contributed by atoms with Gasteiger partial charge in [-0.25, -0.2) is 4.79 Å². The number of methoxy groups -OCH3 is 1. The molecule has 0 atom stereocenters. The molecule has 1 aromatic carbocycles. The highest BCUT2D eigenvalue weighted by Gasteiger charge is 2.20. The van der Waals surface area contributed by atoms with Gasteiger partial charge in [0.1, 0.15) is 11.4 Å². The maximum Gasteiger partial charge on any atom is 0.355 e. The van der Waals surface area contributed by atoms with Gasteiger partial charge in [0, 0.05) is 12.6 Å². The van der Waals surface area contributed by atoms with Gasteiger partial charge in [-0.2, -0.15) is 5.10 Å². The number of benzene rings is 1. The van der Waals surface area contributed by atoms with Gasteiger partial charge in [0.25, 0.3) is 0 Å². The molecule has 0 unspecified atom stereocenters. The molecule has 94 valence electrons. The molecular weight excluding hydrogens is 300 g/mol. The largest absolute Gasteiger partial charge is 0.497 e. The number of carbonyl (C=O) groups is 1. The van der Waals surface area contributed by atoms with Crippen LogP contribution in [0.25, 0.3) is 11.3 Å². The molecule has 2 rings (SSSR count). The van der Waals surface area contributed by atoms with Crippen molar-refractivity contribution in [2.24, 2.45) is 7.05 Å². The van der Waals surface area contributed by atoms with Crippen LogP contribution in [-0.4, -0.2) is 28.0 Å². The highest BCUT2D eigenvalue weighted by molar-refractivity contribution is 9.10. The predicted molar refractivity (Wildman–Crippen MR) is 69.9 cm³/mol. The number of nitrogens with zero attached hydrogens (tertiary/aromatic N) is 2. The minimum absolute atomic E-state index is 0.118. The number of hydrogen-bond donors (Lipinski definition) is 1. The van der Waals surface area contributed by atoms with E-state index in [2.05, 4.69) is 21.0 Å². The van der Waals surface area contributed by atoms with Gasteiger partial charge in [0.2, 0.25) is 0 Å². The lowest BCUT2D eigenvalue weighted by Gasteiger charge is -2.02. The fourth-order valence-electron chi connectivity index (χ4n) is 1.69. The molecule has 0 spiro atoms. The molecule has 18 heavy (non-hydrogen) atoms. The van der Waals surface area contributed by atoms with E-state index in [1.807, 2.05) is 18.2 Å². The molecule has 0 radical (unpaired) electrons. The molecule has 6 heteroatoms. The highest BCUT2D eigenvalue weighted by Crippen LogP contribution is 2.31. The Morgan fingerprint density at radius 2 is 2.22 bits per heavy atom. The minimum Gasteiger partial charge on any atom is -0.497 e. The molecule has 0 fully saturated rings. The number of carboxylic acids is 1. The van der Waals surface area contributed by atoms with Crippen LogP contribution in [0.5, 0.6) is 5.75 Å². The lowest BCUT2D eigenvalue weighted by Crippen LogP contribution is -2.05. The molecule has 2 aromatic rings. The molecule has 0 saturated carbocycles. The van der Waals surface area contributed by atoms with E-state index >= 15 is 0 Å². The maximum absolute atomic E-state index is 11.1. The normalized spacial score (nSPS) is 10.4. The van der Waals surface area contributed by atoms with Crippen LogP contribution in [0, 0.1) is 0 Å². The van der Waals surface area contributed by atoms with Gasteiger partial charge in [0.05, 0.1) is 11.6 Å². The van der Waals surface area contributed by atoms with Crippen LogP contribution < -0.4 is 4.74 Å². The summed E-state index contributed by atoms with van der Waals surface area (Å²) in [5.41, 5.74) is 1.49. The summed E-state index contributed by atoms with van der Waals surface area (Å²) in [6.45, 7) is 0. The number of aromatic carboxylic acids is 1. The zero-order chi connectivity index (χ0) is 13.3. The molecule has 0 aliphatic heterocycles. The molecule has 0 saturated heterocycles. The fraction of sp³-hybridized carbons (Fsp3) is 0.167. The van der Waals surface area contributed by atoms with Crippen molar-refractivity contribution in [3.05, 3.63) is 34.4 Å². The Hall–Kier alpha value is -1.82. The minimum atomic E-state index is -1.02. The number of aryl methyl sites for hydroxylation is 1. The topological polar surface area (TPSA) is 64.4 Å². The Morgan fingerprint density at radius 3 is 2.78 bits per heavy atom. The van der Waals surface area contributed by atoms with E-state index < -0.39 is 5.97 Å². The Kier molecular flexibility index (Phi) is 3.38. The summed E-state index contributed by atoms with van der Waals surface area (Å²) in [5, 5.41) is 13.3. The van der Waals surface area contributed by atoms with Gasteiger partial charge in [-0.3, -0.25) is 4.68 Å². The molecule has 0 aliphatic carbocycles. The van der Waals surface area contributed by atoms with E-state index in [1.54, 1.807) is 20.2 Å². The van der Waals surface area contributed by atoms with Crippen LogP contribution >= 0.6 is 15.9 Å². The Labute approximate surface area is 112 Å². The smallest absolute Gasteiger partial charge is 0.355 e. The van der Waals surface area contributed by atoms with Gasteiger partial charge in [-0.1, -0.05) is 12.1 Å². The van der Waals surface area contributed by atoms with Gasteiger partial charge in [-0.15, -0.1) is 0 Å². The zero-order valence-corrected chi connectivity index (χ0v) is 11.4. The van der Waals surface area contributed by atoms with Crippen molar-refractivity contribution in [1.82, 2.24) is 9.78 Å². The number of carboxylic acid groups (broad SMARTS) is 1. The quantitative estimate of drug-likeness (QED) is 0.946. The molecule has 0 bridgehead atoms. The molecule has 5 nitrogen and oxygen atoms in total. The number of hydrogen-bond acceptors (Lipinski definition) is 3. The number of halogens is 1. The second kappa shape index (κ2) is 4.81. The average Bonchev–Trinajstić information content (AvgIpc) is 2.65. The van der Waals surface area contributed by atoms with Crippen LogP contribution in [0.4, 0.5) is 0 Å². The fourth-order valence-corrected chi connectivity index (χ4v) is 2.42. The van der Waals surface area contributed by atoms with Crippen molar-refractivity contribution in [2.45, 2.75) is 0 Å². The first-order valence-corrected chi connectivity index (χ1v) is 5.94. The van der Waals surface area contributed by atoms with E-state index in [1.165, 1.54) is 4.68 Å². The van der Waals surface area contributed by atoms with Gasteiger partial charge >= 0.3 is 5.97 Å². The standard InChI is InChI=1S/C12H11BrN2O3/c1-15-11(12(16)17)9(13)10(14-15)7-4-3-5-8(6-7)18-2/h3-6H,1-2H3,(H,16,17). The van der Waals surface area contributed by atoms with Crippen molar-refractivity contribution >= 4 is 21.9 Å². The van der Waals surface area contributed by atoms with Crippen LogP contribution in [0.2, 0.25) is 0 Å². The summed E-state index contributed by atoms with van der Waals surface area (Å²) in [5.74, 6) is -0.326. The Balaban J connectivity index is 2.57. The predicted octanol–water partition coefficient (Wildman–Crippen LogP) is 2.56. The summed E-state index contributed by atoms with van der Waals surface area (Å²) >= 11 is 3.28. The van der Waals surface area contributed by atoms with E-state index in [9.17, 15) is 4.79 Å². The SMILES string of the molecule is COc1cccc(-c2nn(C)c(C(=O)O)c2Br)c1. The van der Waals surface area contributed by atoms with Gasteiger partial charge in [0.15, 0.2) is 5.69 Å². The number of aromatic nitrogens is 2. The summed E-state index contributed by atoms with van der Waals surface area (Å²) in [7, 11) is 3.17. The van der Waals surface area contributed by atoms with Crippen LogP contribution in [0.1, 0.15) is 10.5 Å². The monoisotopic (exact) mass is 310 g/mol. The van der Waals surface area contributed by atoms with E-state index in [-0.39, 0.29) is 5.69 Å². The highest BCUT2D eigenvalue weighted by atomic mass is 79.9. The number of ether oxygens (including phenoxy) is 1. The zero-order valence-electron chi connectivity index (χ0n) is 9.85. The van der Waals surface area contributed by atoms with Gasteiger partial charge in [-0.05, 0) is 28.1 Å². The van der Waals surface area contributed by atoms with Crippen molar-refractivity contribution in [3.63, 3.8) is 0 Å². The molecule has 1 aromatic heterocycles. The van der Waals surface area contributed by atoms with Crippen molar-refractivity contribution in [3.8, 4) is 17.0 Å². The molecule has 0 aliphatic rings. The average molecular weight is 311 g/mol. The second-order valence-corrected chi connectivity index (χ2v) is 4.46. The Bertz CT molecular complexity index is 607. The van der Waals surface area contributed by atoms with E-state index in [4.69, 9.17) is 9.84 Å². The summed E-state index contributed by atoms with van der Waals surface area (Å²) in [6, 6.07) is 7.30. The first-order valence-electron chi connectivity index (χ1n) is 5.14. The summed E-state index contributed by atoms with van der Waals surface area (Å²) in [6.07, 6.45) is 0. The second-order valence-electron chi connectivity index (χ2n) is 3.67. The van der Waals surface area contributed by atoms with E-state index in [0.29, 0.717) is 15.9 Å². The maximum atomic E-state index is 11.1. The lowest BCUT2D eigenvalue weighted by molar-refractivity contribution is 0.0684. The molecule has 1 N–H and O–H groups in total. The van der Waals surface area contributed by atoms with Crippen LogP contribution in [0.15, 0.2) is 28.7 Å². The lowest BCUT2D eigenvalue weighted by atomic mass is 10.1. The third-order valence-corrected chi connectivity index (χ3v) is 3.29. The van der Waals surface area contributed by atoms with Crippen LogP contribution in [0.3, 0.4) is 0 Å². The van der Waals surface area contributed by atoms with Crippen molar-refractivity contribution in [2.75, 3.05) is 7.11 Å². The molecular formula is C12H11BrN2O3. The first kappa shape index (κ1) is 12.6. The number of rotatable bonds is 3.